The molecule has 210 valence electrons. The SMILES string of the molecule is O=C(O)C(F)(F)F.O=C(O)CCN1CCOC(c2ccc(OCc3c(Cl)cccc3Cl)c(C(F)(F)F)c2)C1. The molecule has 3 rings (SSSR count). The summed E-state index contributed by atoms with van der Waals surface area (Å²) in [6.45, 7) is 1.22. The van der Waals surface area contributed by atoms with Gasteiger partial charge in [0.25, 0.3) is 0 Å². The Morgan fingerprint density at radius 1 is 1.05 bits per heavy atom. The maximum absolute atomic E-state index is 13.7. The predicted octanol–water partition coefficient (Wildman–Crippen LogP) is 6.07. The summed E-state index contributed by atoms with van der Waals surface area (Å²) in [5.41, 5.74) is -0.192. The van der Waals surface area contributed by atoms with Gasteiger partial charge < -0.3 is 19.7 Å². The summed E-state index contributed by atoms with van der Waals surface area (Å²) in [7, 11) is 0. The van der Waals surface area contributed by atoms with E-state index in [2.05, 4.69) is 0 Å². The zero-order valence-electron chi connectivity index (χ0n) is 19.3. The first-order chi connectivity index (χ1) is 17.6. The average Bonchev–Trinajstić information content (AvgIpc) is 2.82. The van der Waals surface area contributed by atoms with Crippen molar-refractivity contribution in [2.75, 3.05) is 26.2 Å². The minimum Gasteiger partial charge on any atom is -0.488 e. The molecule has 1 saturated heterocycles. The van der Waals surface area contributed by atoms with E-state index in [4.69, 9.17) is 47.7 Å². The smallest absolute Gasteiger partial charge is 0.488 e. The molecule has 1 heterocycles. The number of hydrogen-bond acceptors (Lipinski definition) is 5. The lowest BCUT2D eigenvalue weighted by molar-refractivity contribution is -0.192. The van der Waals surface area contributed by atoms with E-state index in [9.17, 15) is 31.1 Å². The highest BCUT2D eigenvalue weighted by Crippen LogP contribution is 2.39. The van der Waals surface area contributed by atoms with Gasteiger partial charge in [0.15, 0.2) is 0 Å². The Morgan fingerprint density at radius 3 is 2.18 bits per heavy atom. The third-order valence-corrected chi connectivity index (χ3v) is 5.86. The van der Waals surface area contributed by atoms with Crippen LogP contribution >= 0.6 is 23.2 Å². The predicted molar refractivity (Wildman–Crippen MR) is 123 cm³/mol. The minimum atomic E-state index is -5.08. The third kappa shape index (κ3) is 9.53. The van der Waals surface area contributed by atoms with Gasteiger partial charge in [0.1, 0.15) is 12.4 Å². The lowest BCUT2D eigenvalue weighted by Crippen LogP contribution is -2.39. The quantitative estimate of drug-likeness (QED) is 0.377. The molecule has 0 aliphatic carbocycles. The molecule has 7 nitrogen and oxygen atoms in total. The molecule has 2 aromatic rings. The molecule has 0 amide bonds. The Hall–Kier alpha value is -2.74. The molecule has 1 fully saturated rings. The number of hydrogen-bond donors (Lipinski definition) is 2. The number of nitrogens with zero attached hydrogens (tertiary/aromatic N) is 1. The number of ether oxygens (including phenoxy) is 2. The number of carboxylic acids is 2. The number of alkyl halides is 6. The first kappa shape index (κ1) is 31.5. The van der Waals surface area contributed by atoms with Crippen molar-refractivity contribution in [1.29, 1.82) is 0 Å². The van der Waals surface area contributed by atoms with Gasteiger partial charge in [-0.05, 0) is 29.8 Å². The van der Waals surface area contributed by atoms with E-state index in [0.717, 1.165) is 6.07 Å². The van der Waals surface area contributed by atoms with Gasteiger partial charge in [0.05, 0.1) is 24.7 Å². The fraction of sp³-hybridized carbons (Fsp3) is 0.391. The first-order valence-electron chi connectivity index (χ1n) is 10.7. The number of rotatable bonds is 7. The zero-order chi connectivity index (χ0) is 28.7. The second-order valence-corrected chi connectivity index (χ2v) is 8.66. The molecule has 2 aromatic carbocycles. The van der Waals surface area contributed by atoms with Gasteiger partial charge in [0, 0.05) is 35.2 Å². The molecule has 0 bridgehead atoms. The first-order valence-corrected chi connectivity index (χ1v) is 11.5. The van der Waals surface area contributed by atoms with Crippen LogP contribution in [0.15, 0.2) is 36.4 Å². The van der Waals surface area contributed by atoms with Crippen LogP contribution in [0.25, 0.3) is 0 Å². The van der Waals surface area contributed by atoms with Crippen LogP contribution in [0.4, 0.5) is 26.3 Å². The molecule has 1 unspecified atom stereocenters. The number of morpholine rings is 1. The molecule has 0 radical (unpaired) electrons. The summed E-state index contributed by atoms with van der Waals surface area (Å²) < 4.78 is 84.0. The summed E-state index contributed by atoms with van der Waals surface area (Å²) in [5.74, 6) is -4.03. The number of carboxylic acid groups (broad SMARTS) is 2. The number of benzene rings is 2. The molecule has 0 aromatic heterocycles. The van der Waals surface area contributed by atoms with Crippen LogP contribution in [0, 0.1) is 0 Å². The van der Waals surface area contributed by atoms with Gasteiger partial charge in [-0.1, -0.05) is 35.3 Å². The van der Waals surface area contributed by atoms with Crippen LogP contribution in [-0.4, -0.2) is 59.5 Å². The summed E-state index contributed by atoms with van der Waals surface area (Å²) in [6, 6.07) is 8.57. The maximum atomic E-state index is 13.7. The molecule has 0 saturated carbocycles. The second kappa shape index (κ2) is 13.4. The molecular weight excluding hydrogens is 571 g/mol. The number of aliphatic carboxylic acids is 2. The van der Waals surface area contributed by atoms with Gasteiger partial charge in [-0.3, -0.25) is 9.69 Å². The molecule has 0 spiro atoms. The molecule has 1 aliphatic heterocycles. The molecule has 1 aliphatic rings. The van der Waals surface area contributed by atoms with E-state index >= 15 is 0 Å². The Morgan fingerprint density at radius 2 is 1.66 bits per heavy atom. The standard InChI is InChI=1S/C21H20Cl2F3NO4.C2HF3O2/c22-16-2-1-3-17(23)14(16)12-31-18-5-4-13(10-15(18)21(24,25)26)19-11-27(8-9-30-19)7-6-20(28)29;3-2(4,5)1(6)7/h1-5,10,19H,6-9,11-12H2,(H,28,29);(H,6,7). The Balaban J connectivity index is 0.000000638. The van der Waals surface area contributed by atoms with Gasteiger partial charge in [-0.25, -0.2) is 4.79 Å². The van der Waals surface area contributed by atoms with Crippen molar-refractivity contribution in [2.45, 2.75) is 31.5 Å². The van der Waals surface area contributed by atoms with Crippen LogP contribution in [0.2, 0.25) is 10.0 Å². The van der Waals surface area contributed by atoms with Crippen molar-refractivity contribution in [1.82, 2.24) is 4.90 Å². The van der Waals surface area contributed by atoms with Crippen molar-refractivity contribution in [2.24, 2.45) is 0 Å². The van der Waals surface area contributed by atoms with Crippen molar-refractivity contribution in [3.05, 3.63) is 63.1 Å². The van der Waals surface area contributed by atoms with E-state index in [1.54, 1.807) is 18.2 Å². The Bertz CT molecular complexity index is 1110. The van der Waals surface area contributed by atoms with Gasteiger partial charge in [0.2, 0.25) is 0 Å². The van der Waals surface area contributed by atoms with E-state index in [1.807, 2.05) is 4.90 Å². The summed E-state index contributed by atoms with van der Waals surface area (Å²) in [4.78, 5) is 21.5. The number of carbonyl (C=O) groups is 2. The normalized spacial score (nSPS) is 16.4. The summed E-state index contributed by atoms with van der Waals surface area (Å²) >= 11 is 12.1. The van der Waals surface area contributed by atoms with E-state index < -0.39 is 36.0 Å². The summed E-state index contributed by atoms with van der Waals surface area (Å²) in [6.07, 6.45) is -10.4. The van der Waals surface area contributed by atoms with Crippen molar-refractivity contribution < 1.29 is 55.6 Å². The molecule has 38 heavy (non-hydrogen) atoms. The van der Waals surface area contributed by atoms with Gasteiger partial charge in [-0.15, -0.1) is 0 Å². The minimum absolute atomic E-state index is 0.0437. The average molecular weight is 592 g/mol. The van der Waals surface area contributed by atoms with Crippen LogP contribution in [-0.2, 0) is 27.1 Å². The molecular formula is C23H21Cl2F6NO6. The van der Waals surface area contributed by atoms with E-state index in [1.165, 1.54) is 12.1 Å². The highest BCUT2D eigenvalue weighted by molar-refractivity contribution is 6.35. The van der Waals surface area contributed by atoms with Crippen LogP contribution in [0.1, 0.15) is 29.2 Å². The molecule has 2 N–H and O–H groups in total. The maximum Gasteiger partial charge on any atom is 0.490 e. The summed E-state index contributed by atoms with van der Waals surface area (Å²) in [5, 5.41) is 16.6. The monoisotopic (exact) mass is 591 g/mol. The van der Waals surface area contributed by atoms with Gasteiger partial charge >= 0.3 is 24.3 Å². The molecule has 15 heteroatoms. The van der Waals surface area contributed by atoms with Crippen LogP contribution in [0.5, 0.6) is 5.75 Å². The number of halogens is 8. The van der Waals surface area contributed by atoms with Crippen molar-refractivity contribution >= 4 is 35.1 Å². The lowest BCUT2D eigenvalue weighted by Gasteiger charge is -2.33. The Labute approximate surface area is 222 Å². The van der Waals surface area contributed by atoms with Crippen LogP contribution < -0.4 is 4.74 Å². The Kier molecular flexibility index (Phi) is 11.1. The van der Waals surface area contributed by atoms with Gasteiger partial charge in [-0.2, -0.15) is 26.3 Å². The fourth-order valence-electron chi connectivity index (χ4n) is 3.28. The lowest BCUT2D eigenvalue weighted by atomic mass is 10.0. The fourth-order valence-corrected chi connectivity index (χ4v) is 3.78. The second-order valence-electron chi connectivity index (χ2n) is 7.85. The van der Waals surface area contributed by atoms with Crippen LogP contribution in [0.3, 0.4) is 0 Å². The van der Waals surface area contributed by atoms with Crippen molar-refractivity contribution in [3.8, 4) is 5.75 Å². The van der Waals surface area contributed by atoms with Crippen molar-refractivity contribution in [3.63, 3.8) is 0 Å². The zero-order valence-corrected chi connectivity index (χ0v) is 20.8. The highest BCUT2D eigenvalue weighted by atomic mass is 35.5. The largest absolute Gasteiger partial charge is 0.490 e. The van der Waals surface area contributed by atoms with E-state index in [-0.39, 0.29) is 18.8 Å². The van der Waals surface area contributed by atoms with E-state index in [0.29, 0.717) is 47.4 Å². The third-order valence-electron chi connectivity index (χ3n) is 5.15. The molecule has 1 atom stereocenters. The highest BCUT2D eigenvalue weighted by Gasteiger charge is 2.38. The topological polar surface area (TPSA) is 96.3 Å².